The largest absolute Gasteiger partial charge is 0.478 e. The third-order valence-corrected chi connectivity index (χ3v) is 2.99. The Hall–Kier alpha value is -1.53. The molecule has 1 rings (SSSR count). The number of hydrogen-bond acceptors (Lipinski definition) is 5. The van der Waals surface area contributed by atoms with E-state index in [2.05, 4.69) is 17.9 Å². The number of carboxylic acid groups (broad SMARTS) is 1. The van der Waals surface area contributed by atoms with Crippen molar-refractivity contribution in [2.24, 2.45) is 0 Å². The average molecular weight is 311 g/mol. The van der Waals surface area contributed by atoms with E-state index in [1.54, 1.807) is 33.8 Å². The molecule has 0 unspecified atom stereocenters. The second kappa shape index (κ2) is 6.95. The number of carbonyl (C=O) groups is 2. The van der Waals surface area contributed by atoms with E-state index in [1.807, 2.05) is 0 Å². The first kappa shape index (κ1) is 17.5. The number of carboxylic acids is 1. The van der Waals surface area contributed by atoms with E-state index in [-0.39, 0.29) is 18.1 Å². The molecule has 0 amide bonds. The predicted octanol–water partition coefficient (Wildman–Crippen LogP) is 2.41. The minimum absolute atomic E-state index is 0.0654. The van der Waals surface area contributed by atoms with Gasteiger partial charge in [-0.25, -0.2) is 4.79 Å². The van der Waals surface area contributed by atoms with Crippen molar-refractivity contribution < 1.29 is 19.4 Å². The third kappa shape index (κ3) is 5.77. The molecule has 1 aromatic rings. The van der Waals surface area contributed by atoms with Gasteiger partial charge in [-0.15, -0.1) is 12.6 Å². The van der Waals surface area contributed by atoms with Gasteiger partial charge in [0.15, 0.2) is 0 Å². The van der Waals surface area contributed by atoms with Gasteiger partial charge in [-0.3, -0.25) is 4.79 Å². The molecule has 0 saturated heterocycles. The van der Waals surface area contributed by atoms with Crippen LogP contribution in [0.1, 0.15) is 42.3 Å². The number of esters is 1. The Morgan fingerprint density at radius 1 is 1.33 bits per heavy atom. The highest BCUT2D eigenvalue weighted by Gasteiger charge is 2.16. The normalized spacial score (nSPS) is 11.3. The molecule has 0 radical (unpaired) electrons. The number of hydrogen-bond donors (Lipinski definition) is 3. The van der Waals surface area contributed by atoms with Crippen molar-refractivity contribution in [3.05, 3.63) is 28.8 Å². The molecule has 0 aromatic heterocycles. The summed E-state index contributed by atoms with van der Waals surface area (Å²) in [6.07, 6.45) is 0. The highest BCUT2D eigenvalue weighted by atomic mass is 32.1. The molecule has 0 aliphatic rings. The van der Waals surface area contributed by atoms with E-state index in [1.165, 1.54) is 6.07 Å². The van der Waals surface area contributed by atoms with Crippen LogP contribution in [0.5, 0.6) is 0 Å². The summed E-state index contributed by atoms with van der Waals surface area (Å²) in [6.45, 7) is 7.59. The monoisotopic (exact) mass is 311 g/mol. The first-order valence-corrected chi connectivity index (χ1v) is 7.03. The smallest absolute Gasteiger partial charge is 0.336 e. The quantitative estimate of drug-likeness (QED) is 0.575. The van der Waals surface area contributed by atoms with Gasteiger partial charge in [0.25, 0.3) is 0 Å². The highest BCUT2D eigenvalue weighted by Crippen LogP contribution is 2.19. The van der Waals surface area contributed by atoms with Gasteiger partial charge < -0.3 is 15.2 Å². The summed E-state index contributed by atoms with van der Waals surface area (Å²) < 4.78 is 5.18. The maximum atomic E-state index is 11.6. The van der Waals surface area contributed by atoms with Gasteiger partial charge >= 0.3 is 11.9 Å². The van der Waals surface area contributed by atoms with Crippen LogP contribution in [0.2, 0.25) is 0 Å². The number of carbonyl (C=O) groups excluding carboxylic acids is 1. The lowest BCUT2D eigenvalue weighted by atomic mass is 10.0. The van der Waals surface area contributed by atoms with Gasteiger partial charge in [-0.05, 0) is 51.0 Å². The van der Waals surface area contributed by atoms with Crippen LogP contribution in [-0.4, -0.2) is 29.2 Å². The molecule has 1 aromatic carbocycles. The van der Waals surface area contributed by atoms with Crippen LogP contribution in [0.3, 0.4) is 0 Å². The fraction of sp³-hybridized carbons (Fsp3) is 0.467. The zero-order chi connectivity index (χ0) is 16.2. The van der Waals surface area contributed by atoms with E-state index in [9.17, 15) is 9.59 Å². The lowest BCUT2D eigenvalue weighted by Gasteiger charge is -2.19. The van der Waals surface area contributed by atoms with Gasteiger partial charge in [-0.2, -0.15) is 0 Å². The second-order valence-electron chi connectivity index (χ2n) is 5.77. The lowest BCUT2D eigenvalue weighted by Crippen LogP contribution is -2.31. The van der Waals surface area contributed by atoms with Crippen molar-refractivity contribution in [3.8, 4) is 0 Å². The topological polar surface area (TPSA) is 75.6 Å². The molecule has 0 atom stereocenters. The molecule has 21 heavy (non-hydrogen) atoms. The standard InChI is InChI=1S/C15H21NO4S/c1-9-10(5-11(21)6-12(9)14(18)19)7-16-8-13(17)20-15(2,3)4/h5-6,16,21H,7-8H2,1-4H3,(H,18,19). The van der Waals surface area contributed by atoms with Crippen LogP contribution in [0.15, 0.2) is 17.0 Å². The lowest BCUT2D eigenvalue weighted by molar-refractivity contribution is -0.153. The molecule has 0 bridgehead atoms. The first-order valence-electron chi connectivity index (χ1n) is 6.58. The molecule has 5 nitrogen and oxygen atoms in total. The molecular formula is C15H21NO4S. The number of aromatic carboxylic acids is 1. The maximum Gasteiger partial charge on any atom is 0.336 e. The summed E-state index contributed by atoms with van der Waals surface area (Å²) in [6, 6.07) is 3.30. The molecular weight excluding hydrogens is 290 g/mol. The molecule has 0 aliphatic carbocycles. The Morgan fingerprint density at radius 2 is 1.95 bits per heavy atom. The van der Waals surface area contributed by atoms with Crippen LogP contribution in [0.4, 0.5) is 0 Å². The fourth-order valence-electron chi connectivity index (χ4n) is 1.84. The van der Waals surface area contributed by atoms with Crippen LogP contribution in [0.25, 0.3) is 0 Å². The fourth-order valence-corrected chi connectivity index (χ4v) is 2.13. The molecule has 6 heteroatoms. The van der Waals surface area contributed by atoms with Gasteiger partial charge in [0.05, 0.1) is 12.1 Å². The van der Waals surface area contributed by atoms with Gasteiger partial charge in [0, 0.05) is 11.4 Å². The van der Waals surface area contributed by atoms with Crippen LogP contribution < -0.4 is 5.32 Å². The molecule has 2 N–H and O–H groups in total. The molecule has 0 fully saturated rings. The summed E-state index contributed by atoms with van der Waals surface area (Å²) in [5.41, 5.74) is 1.16. The summed E-state index contributed by atoms with van der Waals surface area (Å²) in [5.74, 6) is -1.34. The first-order chi connectivity index (χ1) is 9.60. The van der Waals surface area contributed by atoms with E-state index in [0.29, 0.717) is 17.0 Å². The van der Waals surface area contributed by atoms with E-state index in [4.69, 9.17) is 9.84 Å². The molecule has 0 saturated carbocycles. The number of nitrogens with one attached hydrogen (secondary N) is 1. The molecule has 116 valence electrons. The summed E-state index contributed by atoms with van der Waals surface area (Å²) in [7, 11) is 0. The Morgan fingerprint density at radius 3 is 2.48 bits per heavy atom. The Labute approximate surface area is 130 Å². The van der Waals surface area contributed by atoms with E-state index in [0.717, 1.165) is 5.56 Å². The average Bonchev–Trinajstić information content (AvgIpc) is 2.30. The van der Waals surface area contributed by atoms with Crippen molar-refractivity contribution >= 4 is 24.6 Å². The van der Waals surface area contributed by atoms with Crippen molar-refractivity contribution in [1.82, 2.24) is 5.32 Å². The number of benzene rings is 1. The number of thiol groups is 1. The summed E-state index contributed by atoms with van der Waals surface area (Å²) in [5, 5.41) is 12.1. The van der Waals surface area contributed by atoms with Crippen molar-refractivity contribution in [3.63, 3.8) is 0 Å². The van der Waals surface area contributed by atoms with Crippen molar-refractivity contribution in [2.45, 2.75) is 44.7 Å². The van der Waals surface area contributed by atoms with E-state index >= 15 is 0 Å². The van der Waals surface area contributed by atoms with Crippen LogP contribution in [-0.2, 0) is 16.1 Å². The minimum atomic E-state index is -0.989. The summed E-state index contributed by atoms with van der Waals surface area (Å²) in [4.78, 5) is 23.3. The van der Waals surface area contributed by atoms with Crippen molar-refractivity contribution in [1.29, 1.82) is 0 Å². The number of rotatable bonds is 5. The van der Waals surface area contributed by atoms with Gasteiger partial charge in [0.2, 0.25) is 0 Å². The van der Waals surface area contributed by atoms with Gasteiger partial charge in [0.1, 0.15) is 5.60 Å². The van der Waals surface area contributed by atoms with Crippen LogP contribution in [0, 0.1) is 6.92 Å². The maximum absolute atomic E-state index is 11.6. The van der Waals surface area contributed by atoms with Crippen molar-refractivity contribution in [2.75, 3.05) is 6.54 Å². The zero-order valence-corrected chi connectivity index (χ0v) is 13.6. The minimum Gasteiger partial charge on any atom is -0.478 e. The van der Waals surface area contributed by atoms with E-state index < -0.39 is 11.6 Å². The zero-order valence-electron chi connectivity index (χ0n) is 12.7. The molecule has 0 spiro atoms. The summed E-state index contributed by atoms with van der Waals surface area (Å²) >= 11 is 4.20. The Bertz CT molecular complexity index is 549. The van der Waals surface area contributed by atoms with Crippen LogP contribution >= 0.6 is 12.6 Å². The second-order valence-corrected chi connectivity index (χ2v) is 6.29. The van der Waals surface area contributed by atoms with Gasteiger partial charge in [-0.1, -0.05) is 0 Å². The molecule has 0 heterocycles. The third-order valence-electron chi connectivity index (χ3n) is 2.74. The molecule has 0 aliphatic heterocycles. The Kier molecular flexibility index (Phi) is 5.80. The Balaban J connectivity index is 2.68. The SMILES string of the molecule is Cc1c(CNCC(=O)OC(C)(C)C)cc(S)cc1C(=O)O. The number of ether oxygens (including phenoxy) is 1. The predicted molar refractivity (Wildman–Crippen MR) is 82.9 cm³/mol. The highest BCUT2D eigenvalue weighted by molar-refractivity contribution is 7.80.